The van der Waals surface area contributed by atoms with Gasteiger partial charge in [-0.2, -0.15) is 11.8 Å². The Morgan fingerprint density at radius 2 is 1.95 bits per heavy atom. The van der Waals surface area contributed by atoms with Crippen LogP contribution in [0.2, 0.25) is 0 Å². The van der Waals surface area contributed by atoms with Crippen LogP contribution in [0.5, 0.6) is 0 Å². The molecule has 3 rings (SSSR count). The van der Waals surface area contributed by atoms with Crippen molar-refractivity contribution < 1.29 is 0 Å². The van der Waals surface area contributed by atoms with Gasteiger partial charge in [0.15, 0.2) is 0 Å². The van der Waals surface area contributed by atoms with Crippen LogP contribution >= 0.6 is 23.1 Å². The topological polar surface area (TPSA) is 37.8 Å². The highest BCUT2D eigenvalue weighted by atomic mass is 32.2. The minimum atomic E-state index is 0.152. The maximum absolute atomic E-state index is 4.43. The molecule has 112 valence electrons. The van der Waals surface area contributed by atoms with Crippen molar-refractivity contribution >= 4 is 23.1 Å². The van der Waals surface area contributed by atoms with E-state index in [0.717, 1.165) is 17.3 Å². The molecule has 0 bridgehead atoms. The molecule has 1 saturated heterocycles. The van der Waals surface area contributed by atoms with Gasteiger partial charge < -0.3 is 5.32 Å². The maximum atomic E-state index is 4.43. The molecular weight excluding hydrogens is 298 g/mol. The largest absolute Gasteiger partial charge is 0.307 e. The summed E-state index contributed by atoms with van der Waals surface area (Å²) in [5.41, 5.74) is 1.25. The molecule has 1 aliphatic heterocycles. The van der Waals surface area contributed by atoms with Gasteiger partial charge in [0.05, 0.1) is 6.04 Å². The molecule has 5 heteroatoms. The van der Waals surface area contributed by atoms with Gasteiger partial charge in [-0.25, -0.2) is 0 Å². The summed E-state index contributed by atoms with van der Waals surface area (Å²) in [6.07, 6.45) is 3.75. The average Bonchev–Trinajstić information content (AvgIpc) is 2.98. The molecule has 1 aromatic carbocycles. The van der Waals surface area contributed by atoms with E-state index in [-0.39, 0.29) is 6.04 Å². The van der Waals surface area contributed by atoms with E-state index in [9.17, 15) is 0 Å². The predicted molar refractivity (Wildman–Crippen MR) is 91.0 cm³/mol. The molecule has 1 aromatic heterocycles. The van der Waals surface area contributed by atoms with Gasteiger partial charge >= 0.3 is 0 Å². The molecule has 1 aliphatic rings. The SMILES string of the molecule is CNC(c1ccccc1)c1nnc(CC2CCSCC2)s1. The fourth-order valence-corrected chi connectivity index (χ4v) is 5.04. The second kappa shape index (κ2) is 7.38. The molecule has 0 saturated carbocycles. The lowest BCUT2D eigenvalue weighted by Gasteiger charge is -2.19. The van der Waals surface area contributed by atoms with Gasteiger partial charge in [0.25, 0.3) is 0 Å². The first-order valence-electron chi connectivity index (χ1n) is 7.49. The van der Waals surface area contributed by atoms with E-state index in [2.05, 4.69) is 51.5 Å². The molecule has 0 aliphatic carbocycles. The Bertz CT molecular complexity index is 550. The third-order valence-corrected chi connectivity index (χ3v) is 6.01. The van der Waals surface area contributed by atoms with Crippen LogP contribution < -0.4 is 5.32 Å². The predicted octanol–water partition coefficient (Wildman–Crippen LogP) is 3.53. The molecule has 3 nitrogen and oxygen atoms in total. The van der Waals surface area contributed by atoms with Gasteiger partial charge in [-0.1, -0.05) is 41.7 Å². The fourth-order valence-electron chi connectivity index (χ4n) is 2.74. The molecule has 0 spiro atoms. The fraction of sp³-hybridized carbons (Fsp3) is 0.500. The molecule has 0 radical (unpaired) electrons. The Labute approximate surface area is 134 Å². The van der Waals surface area contributed by atoms with Crippen molar-refractivity contribution in [2.75, 3.05) is 18.6 Å². The monoisotopic (exact) mass is 319 g/mol. The smallest absolute Gasteiger partial charge is 0.139 e. The van der Waals surface area contributed by atoms with Gasteiger partial charge in [-0.3, -0.25) is 0 Å². The molecule has 1 atom stereocenters. The molecule has 2 heterocycles. The number of hydrogen-bond acceptors (Lipinski definition) is 5. The van der Waals surface area contributed by atoms with Crippen LogP contribution in [0.15, 0.2) is 30.3 Å². The number of rotatable bonds is 5. The lowest BCUT2D eigenvalue weighted by molar-refractivity contribution is 0.485. The van der Waals surface area contributed by atoms with Gasteiger partial charge in [-0.15, -0.1) is 10.2 Å². The molecule has 2 aromatic rings. The zero-order chi connectivity index (χ0) is 14.5. The van der Waals surface area contributed by atoms with Crippen LogP contribution in [0, 0.1) is 5.92 Å². The normalized spacial score (nSPS) is 17.8. The Morgan fingerprint density at radius 3 is 2.67 bits per heavy atom. The number of benzene rings is 1. The van der Waals surface area contributed by atoms with E-state index in [1.54, 1.807) is 11.3 Å². The van der Waals surface area contributed by atoms with E-state index >= 15 is 0 Å². The van der Waals surface area contributed by atoms with Crippen molar-refractivity contribution in [1.29, 1.82) is 0 Å². The van der Waals surface area contributed by atoms with Crippen molar-refractivity contribution in [2.24, 2.45) is 5.92 Å². The zero-order valence-electron chi connectivity index (χ0n) is 12.3. The maximum Gasteiger partial charge on any atom is 0.139 e. The number of thioether (sulfide) groups is 1. The summed E-state index contributed by atoms with van der Waals surface area (Å²) in [6, 6.07) is 10.6. The third-order valence-electron chi connectivity index (χ3n) is 3.96. The summed E-state index contributed by atoms with van der Waals surface area (Å²) in [7, 11) is 1.98. The molecule has 1 fully saturated rings. The second-order valence-electron chi connectivity index (χ2n) is 5.43. The van der Waals surface area contributed by atoms with E-state index in [4.69, 9.17) is 0 Å². The van der Waals surface area contributed by atoms with E-state index in [1.165, 1.54) is 34.9 Å². The summed E-state index contributed by atoms with van der Waals surface area (Å²) >= 11 is 3.84. The van der Waals surface area contributed by atoms with Crippen LogP contribution in [0.4, 0.5) is 0 Å². The first-order valence-corrected chi connectivity index (χ1v) is 9.46. The highest BCUT2D eigenvalue weighted by molar-refractivity contribution is 7.99. The van der Waals surface area contributed by atoms with E-state index < -0.39 is 0 Å². The lowest BCUT2D eigenvalue weighted by atomic mass is 9.99. The Hall–Kier alpha value is -0.910. The number of nitrogens with one attached hydrogen (secondary N) is 1. The van der Waals surface area contributed by atoms with Gasteiger partial charge in [0, 0.05) is 6.42 Å². The average molecular weight is 319 g/mol. The van der Waals surface area contributed by atoms with Gasteiger partial charge in [-0.05, 0) is 42.9 Å². The van der Waals surface area contributed by atoms with Crippen LogP contribution in [-0.2, 0) is 6.42 Å². The van der Waals surface area contributed by atoms with Crippen molar-refractivity contribution in [1.82, 2.24) is 15.5 Å². The minimum absolute atomic E-state index is 0.152. The number of hydrogen-bond donors (Lipinski definition) is 1. The second-order valence-corrected chi connectivity index (χ2v) is 7.74. The summed E-state index contributed by atoms with van der Waals surface area (Å²) in [6.45, 7) is 0. The molecule has 1 unspecified atom stereocenters. The van der Waals surface area contributed by atoms with Crippen molar-refractivity contribution in [2.45, 2.75) is 25.3 Å². The third kappa shape index (κ3) is 3.84. The highest BCUT2D eigenvalue weighted by Crippen LogP contribution is 2.29. The number of nitrogens with zero attached hydrogens (tertiary/aromatic N) is 2. The van der Waals surface area contributed by atoms with Crippen LogP contribution in [0.3, 0.4) is 0 Å². The standard InChI is InChI=1S/C16H21N3S2/c1-17-15(13-5-3-2-4-6-13)16-19-18-14(21-16)11-12-7-9-20-10-8-12/h2-6,12,15,17H,7-11H2,1H3. The Balaban J connectivity index is 1.71. The van der Waals surface area contributed by atoms with Crippen molar-refractivity contribution in [3.8, 4) is 0 Å². The van der Waals surface area contributed by atoms with Crippen molar-refractivity contribution in [3.05, 3.63) is 45.9 Å². The zero-order valence-corrected chi connectivity index (χ0v) is 13.9. The summed E-state index contributed by atoms with van der Waals surface area (Å²) in [5, 5.41) is 14.5. The summed E-state index contributed by atoms with van der Waals surface area (Å²) in [4.78, 5) is 0. The first kappa shape index (κ1) is 15.0. The van der Waals surface area contributed by atoms with Gasteiger partial charge in [0.1, 0.15) is 10.0 Å². The highest BCUT2D eigenvalue weighted by Gasteiger charge is 2.20. The summed E-state index contributed by atoms with van der Waals surface area (Å²) < 4.78 is 0. The molecular formula is C16H21N3S2. The van der Waals surface area contributed by atoms with E-state index in [1.807, 2.05) is 13.1 Å². The first-order chi connectivity index (χ1) is 10.4. The van der Waals surface area contributed by atoms with Crippen molar-refractivity contribution in [3.63, 3.8) is 0 Å². The number of aromatic nitrogens is 2. The van der Waals surface area contributed by atoms with Crippen LogP contribution in [0.25, 0.3) is 0 Å². The summed E-state index contributed by atoms with van der Waals surface area (Å²) in [5.74, 6) is 3.41. The molecule has 21 heavy (non-hydrogen) atoms. The van der Waals surface area contributed by atoms with Gasteiger partial charge in [0.2, 0.25) is 0 Å². The van der Waals surface area contributed by atoms with Crippen LogP contribution in [0.1, 0.15) is 34.5 Å². The lowest BCUT2D eigenvalue weighted by Crippen LogP contribution is -2.17. The minimum Gasteiger partial charge on any atom is -0.307 e. The quantitative estimate of drug-likeness (QED) is 0.915. The van der Waals surface area contributed by atoms with E-state index in [0.29, 0.717) is 0 Å². The Kier molecular flexibility index (Phi) is 5.27. The Morgan fingerprint density at radius 1 is 1.19 bits per heavy atom. The molecule has 1 N–H and O–H groups in total. The molecule has 0 amide bonds. The van der Waals surface area contributed by atoms with Crippen LogP contribution in [-0.4, -0.2) is 28.8 Å².